The standard InChI is InChI=1S/C7H15NO/c1-2-3-7(8)4-5-9-6-7/h2-6,8H2,1H3/t7-/m0/s1. The molecular formula is C7H15NO. The number of hydrogen-bond acceptors (Lipinski definition) is 2. The molecule has 1 aliphatic heterocycles. The van der Waals surface area contributed by atoms with Crippen LogP contribution in [0.2, 0.25) is 0 Å². The van der Waals surface area contributed by atoms with Gasteiger partial charge in [-0.2, -0.15) is 0 Å². The van der Waals surface area contributed by atoms with Gasteiger partial charge in [0.05, 0.1) is 6.61 Å². The maximum atomic E-state index is 5.94. The van der Waals surface area contributed by atoms with Crippen LogP contribution in [0.1, 0.15) is 26.2 Å². The monoisotopic (exact) mass is 129 g/mol. The van der Waals surface area contributed by atoms with Crippen LogP contribution in [-0.4, -0.2) is 18.8 Å². The zero-order chi connectivity index (χ0) is 6.74. The van der Waals surface area contributed by atoms with E-state index in [0.29, 0.717) is 0 Å². The lowest BCUT2D eigenvalue weighted by Gasteiger charge is -2.19. The molecule has 0 radical (unpaired) electrons. The summed E-state index contributed by atoms with van der Waals surface area (Å²) in [5.41, 5.74) is 5.97. The largest absolute Gasteiger partial charge is 0.379 e. The van der Waals surface area contributed by atoms with Crippen molar-refractivity contribution in [3.05, 3.63) is 0 Å². The lowest BCUT2D eigenvalue weighted by atomic mass is 9.95. The quantitative estimate of drug-likeness (QED) is 0.601. The molecule has 0 spiro atoms. The summed E-state index contributed by atoms with van der Waals surface area (Å²) in [4.78, 5) is 0. The van der Waals surface area contributed by atoms with Gasteiger partial charge in [0.25, 0.3) is 0 Å². The van der Waals surface area contributed by atoms with E-state index < -0.39 is 0 Å². The highest BCUT2D eigenvalue weighted by molar-refractivity contribution is 4.86. The molecule has 2 nitrogen and oxygen atoms in total. The maximum absolute atomic E-state index is 5.94. The first-order valence-electron chi connectivity index (χ1n) is 3.63. The van der Waals surface area contributed by atoms with Crippen molar-refractivity contribution in [1.82, 2.24) is 0 Å². The van der Waals surface area contributed by atoms with E-state index in [1.807, 2.05) is 0 Å². The van der Waals surface area contributed by atoms with Gasteiger partial charge in [0.1, 0.15) is 0 Å². The smallest absolute Gasteiger partial charge is 0.0647 e. The summed E-state index contributed by atoms with van der Waals surface area (Å²) in [6.45, 7) is 3.78. The minimum absolute atomic E-state index is 0.0226. The summed E-state index contributed by atoms with van der Waals surface area (Å²) in [6, 6.07) is 0. The Morgan fingerprint density at radius 2 is 2.44 bits per heavy atom. The Bertz CT molecular complexity index is 86.9. The van der Waals surface area contributed by atoms with E-state index in [0.717, 1.165) is 26.1 Å². The molecule has 0 unspecified atom stereocenters. The molecule has 0 aromatic rings. The van der Waals surface area contributed by atoms with Crippen LogP contribution < -0.4 is 5.73 Å². The Hall–Kier alpha value is -0.0800. The lowest BCUT2D eigenvalue weighted by molar-refractivity contribution is 0.175. The molecule has 2 heteroatoms. The fourth-order valence-corrected chi connectivity index (χ4v) is 1.32. The fourth-order valence-electron chi connectivity index (χ4n) is 1.32. The second kappa shape index (κ2) is 2.67. The van der Waals surface area contributed by atoms with Gasteiger partial charge in [-0.25, -0.2) is 0 Å². The third-order valence-electron chi connectivity index (χ3n) is 1.88. The summed E-state index contributed by atoms with van der Waals surface area (Å²) < 4.78 is 5.19. The zero-order valence-electron chi connectivity index (χ0n) is 6.02. The third-order valence-corrected chi connectivity index (χ3v) is 1.88. The highest BCUT2D eigenvalue weighted by atomic mass is 16.5. The normalized spacial score (nSPS) is 35.3. The predicted molar refractivity (Wildman–Crippen MR) is 37.3 cm³/mol. The second-order valence-electron chi connectivity index (χ2n) is 2.91. The number of ether oxygens (including phenoxy) is 1. The van der Waals surface area contributed by atoms with Crippen molar-refractivity contribution in [1.29, 1.82) is 0 Å². The van der Waals surface area contributed by atoms with Crippen LogP contribution in [0.15, 0.2) is 0 Å². The first-order chi connectivity index (χ1) is 4.27. The first-order valence-corrected chi connectivity index (χ1v) is 3.63. The maximum Gasteiger partial charge on any atom is 0.0647 e. The van der Waals surface area contributed by atoms with Crippen molar-refractivity contribution in [3.63, 3.8) is 0 Å². The van der Waals surface area contributed by atoms with Gasteiger partial charge in [0.2, 0.25) is 0 Å². The highest BCUT2D eigenvalue weighted by Crippen LogP contribution is 2.20. The zero-order valence-corrected chi connectivity index (χ0v) is 6.02. The molecule has 0 saturated carbocycles. The molecule has 0 aliphatic carbocycles. The molecule has 1 saturated heterocycles. The molecule has 1 aliphatic rings. The molecule has 0 bridgehead atoms. The summed E-state index contributed by atoms with van der Waals surface area (Å²) in [5, 5.41) is 0. The Morgan fingerprint density at radius 3 is 2.89 bits per heavy atom. The van der Waals surface area contributed by atoms with Gasteiger partial charge >= 0.3 is 0 Å². The second-order valence-corrected chi connectivity index (χ2v) is 2.91. The van der Waals surface area contributed by atoms with E-state index in [1.54, 1.807) is 0 Å². The summed E-state index contributed by atoms with van der Waals surface area (Å²) in [6.07, 6.45) is 3.31. The Morgan fingerprint density at radius 1 is 1.67 bits per heavy atom. The topological polar surface area (TPSA) is 35.2 Å². The van der Waals surface area contributed by atoms with Gasteiger partial charge < -0.3 is 10.5 Å². The van der Waals surface area contributed by atoms with E-state index in [9.17, 15) is 0 Å². The molecule has 9 heavy (non-hydrogen) atoms. The number of hydrogen-bond donors (Lipinski definition) is 1. The van der Waals surface area contributed by atoms with Crippen LogP contribution in [0.3, 0.4) is 0 Å². The molecule has 1 fully saturated rings. The Kier molecular flexibility index (Phi) is 2.09. The minimum Gasteiger partial charge on any atom is -0.379 e. The van der Waals surface area contributed by atoms with Gasteiger partial charge in [0, 0.05) is 12.1 Å². The van der Waals surface area contributed by atoms with Crippen LogP contribution in [0, 0.1) is 0 Å². The van der Waals surface area contributed by atoms with Crippen molar-refractivity contribution in [2.45, 2.75) is 31.7 Å². The van der Waals surface area contributed by atoms with Crippen LogP contribution in [-0.2, 0) is 4.74 Å². The van der Waals surface area contributed by atoms with Gasteiger partial charge in [-0.05, 0) is 12.8 Å². The van der Waals surface area contributed by atoms with E-state index in [4.69, 9.17) is 10.5 Å². The lowest BCUT2D eigenvalue weighted by Crippen LogP contribution is -2.39. The molecule has 0 amide bonds. The van der Waals surface area contributed by atoms with Crippen molar-refractivity contribution < 1.29 is 4.74 Å². The van der Waals surface area contributed by atoms with Crippen LogP contribution >= 0.6 is 0 Å². The van der Waals surface area contributed by atoms with Crippen molar-refractivity contribution >= 4 is 0 Å². The summed E-state index contributed by atoms with van der Waals surface area (Å²) in [7, 11) is 0. The van der Waals surface area contributed by atoms with Crippen molar-refractivity contribution in [3.8, 4) is 0 Å². The average molecular weight is 129 g/mol. The predicted octanol–water partition coefficient (Wildman–Crippen LogP) is 0.904. The molecule has 0 aromatic carbocycles. The van der Waals surface area contributed by atoms with Crippen LogP contribution in [0.25, 0.3) is 0 Å². The molecule has 0 aromatic heterocycles. The van der Waals surface area contributed by atoms with Crippen LogP contribution in [0.5, 0.6) is 0 Å². The van der Waals surface area contributed by atoms with Gasteiger partial charge in [0.15, 0.2) is 0 Å². The van der Waals surface area contributed by atoms with Gasteiger partial charge in [-0.1, -0.05) is 13.3 Å². The summed E-state index contributed by atoms with van der Waals surface area (Å²) >= 11 is 0. The summed E-state index contributed by atoms with van der Waals surface area (Å²) in [5.74, 6) is 0. The molecule has 1 atom stereocenters. The fraction of sp³-hybridized carbons (Fsp3) is 1.00. The van der Waals surface area contributed by atoms with Crippen molar-refractivity contribution in [2.24, 2.45) is 5.73 Å². The first kappa shape index (κ1) is 7.03. The van der Waals surface area contributed by atoms with Gasteiger partial charge in [-0.15, -0.1) is 0 Å². The van der Waals surface area contributed by atoms with E-state index in [1.165, 1.54) is 6.42 Å². The van der Waals surface area contributed by atoms with E-state index in [2.05, 4.69) is 6.92 Å². The van der Waals surface area contributed by atoms with E-state index in [-0.39, 0.29) is 5.54 Å². The molecule has 54 valence electrons. The van der Waals surface area contributed by atoms with Crippen LogP contribution in [0.4, 0.5) is 0 Å². The number of rotatable bonds is 2. The number of nitrogens with two attached hydrogens (primary N) is 1. The molecule has 2 N–H and O–H groups in total. The molecular weight excluding hydrogens is 114 g/mol. The van der Waals surface area contributed by atoms with Gasteiger partial charge in [-0.3, -0.25) is 0 Å². The van der Waals surface area contributed by atoms with E-state index >= 15 is 0 Å². The van der Waals surface area contributed by atoms with Crippen molar-refractivity contribution in [2.75, 3.05) is 13.2 Å². The Labute approximate surface area is 56.4 Å². The molecule has 1 rings (SSSR count). The minimum atomic E-state index is 0.0226. The third kappa shape index (κ3) is 1.66. The SMILES string of the molecule is CCC[C@]1(N)CCOC1. The average Bonchev–Trinajstić information content (AvgIpc) is 2.16. The Balaban J connectivity index is 2.32. The molecule has 1 heterocycles. The highest BCUT2D eigenvalue weighted by Gasteiger charge is 2.28.